The molecule has 0 spiro atoms. The van der Waals surface area contributed by atoms with Gasteiger partial charge >= 0.3 is 0 Å². The molecule has 1 atom stereocenters. The van der Waals surface area contributed by atoms with E-state index in [1.807, 2.05) is 24.3 Å². The molecular formula is C18H20N4O. The van der Waals surface area contributed by atoms with E-state index in [2.05, 4.69) is 32.3 Å². The van der Waals surface area contributed by atoms with Crippen LogP contribution in [0, 0.1) is 0 Å². The van der Waals surface area contributed by atoms with Crippen LogP contribution in [0.3, 0.4) is 0 Å². The van der Waals surface area contributed by atoms with Crippen LogP contribution in [0.15, 0.2) is 53.4 Å². The van der Waals surface area contributed by atoms with Crippen LogP contribution in [0.4, 0.5) is 5.82 Å². The summed E-state index contributed by atoms with van der Waals surface area (Å²) in [5.74, 6) is 1.89. The average Bonchev–Trinajstić information content (AvgIpc) is 3.29. The van der Waals surface area contributed by atoms with Crippen LogP contribution in [-0.2, 0) is 0 Å². The summed E-state index contributed by atoms with van der Waals surface area (Å²) >= 11 is 0. The highest BCUT2D eigenvalue weighted by Crippen LogP contribution is 2.27. The molecule has 1 fully saturated rings. The molecule has 5 heteroatoms. The molecule has 3 heterocycles. The van der Waals surface area contributed by atoms with Crippen LogP contribution < -0.4 is 5.32 Å². The van der Waals surface area contributed by atoms with E-state index in [9.17, 15) is 0 Å². The van der Waals surface area contributed by atoms with E-state index in [1.165, 1.54) is 12.8 Å². The Labute approximate surface area is 135 Å². The molecule has 0 radical (unpaired) electrons. The molecular weight excluding hydrogens is 288 g/mol. The van der Waals surface area contributed by atoms with Gasteiger partial charge in [-0.2, -0.15) is 0 Å². The van der Waals surface area contributed by atoms with Crippen LogP contribution in [-0.4, -0.2) is 34.5 Å². The van der Waals surface area contributed by atoms with Crippen LogP contribution in [0.1, 0.15) is 24.6 Å². The maximum Gasteiger partial charge on any atom is 0.137 e. The number of furan rings is 1. The van der Waals surface area contributed by atoms with E-state index < -0.39 is 0 Å². The van der Waals surface area contributed by atoms with Gasteiger partial charge in [0.25, 0.3) is 0 Å². The Balaban J connectivity index is 1.57. The molecule has 1 aliphatic heterocycles. The van der Waals surface area contributed by atoms with Crippen molar-refractivity contribution in [1.29, 1.82) is 0 Å². The monoisotopic (exact) mass is 308 g/mol. The lowest BCUT2D eigenvalue weighted by Crippen LogP contribution is -2.30. The molecule has 1 aliphatic rings. The van der Waals surface area contributed by atoms with E-state index in [0.29, 0.717) is 0 Å². The van der Waals surface area contributed by atoms with Crippen molar-refractivity contribution < 1.29 is 4.42 Å². The molecule has 0 bridgehead atoms. The van der Waals surface area contributed by atoms with Gasteiger partial charge in [-0.15, -0.1) is 0 Å². The van der Waals surface area contributed by atoms with E-state index in [0.717, 1.165) is 42.1 Å². The van der Waals surface area contributed by atoms with Gasteiger partial charge in [-0.3, -0.25) is 4.90 Å². The molecule has 0 amide bonds. The number of nitrogens with one attached hydrogen (secondary N) is 1. The molecule has 4 rings (SSSR count). The third kappa shape index (κ3) is 2.92. The number of anilines is 1. The summed E-state index contributed by atoms with van der Waals surface area (Å²) in [5.41, 5.74) is 0.959. The van der Waals surface area contributed by atoms with E-state index in [-0.39, 0.29) is 6.04 Å². The lowest BCUT2D eigenvalue weighted by molar-refractivity contribution is 0.225. The molecule has 1 aromatic carbocycles. The van der Waals surface area contributed by atoms with Gasteiger partial charge in [0.1, 0.15) is 17.9 Å². The zero-order valence-corrected chi connectivity index (χ0v) is 13.0. The molecule has 2 aromatic heterocycles. The van der Waals surface area contributed by atoms with Crippen LogP contribution >= 0.6 is 0 Å². The fraction of sp³-hybridized carbons (Fsp3) is 0.333. The highest BCUT2D eigenvalue weighted by atomic mass is 16.3. The SMILES string of the molecule is c1coc(C(CNc2ncnc3ccccc23)N2CCCC2)c1. The van der Waals surface area contributed by atoms with Gasteiger partial charge in [-0.05, 0) is 50.2 Å². The fourth-order valence-corrected chi connectivity index (χ4v) is 3.28. The molecule has 5 nitrogen and oxygen atoms in total. The molecule has 1 N–H and O–H groups in total. The number of para-hydroxylation sites is 1. The number of nitrogens with zero attached hydrogens (tertiary/aromatic N) is 3. The summed E-state index contributed by atoms with van der Waals surface area (Å²) in [5, 5.41) is 4.55. The number of rotatable bonds is 5. The highest BCUT2D eigenvalue weighted by molar-refractivity contribution is 5.88. The molecule has 1 saturated heterocycles. The zero-order chi connectivity index (χ0) is 15.5. The maximum atomic E-state index is 5.67. The summed E-state index contributed by atoms with van der Waals surface area (Å²) in [6.45, 7) is 3.02. The standard InChI is InChI=1S/C18H20N4O/c1-2-7-15-14(6-1)18(21-13-20-15)19-12-16(17-8-5-11-23-17)22-9-3-4-10-22/h1-2,5-8,11,13,16H,3-4,9-10,12H2,(H,19,20,21). The first-order chi connectivity index (χ1) is 11.4. The number of benzene rings is 1. The molecule has 0 saturated carbocycles. The number of aromatic nitrogens is 2. The minimum absolute atomic E-state index is 0.237. The fourth-order valence-electron chi connectivity index (χ4n) is 3.28. The summed E-state index contributed by atoms with van der Waals surface area (Å²) in [6.07, 6.45) is 5.88. The van der Waals surface area contributed by atoms with Crippen LogP contribution in [0.5, 0.6) is 0 Å². The minimum atomic E-state index is 0.237. The van der Waals surface area contributed by atoms with Crippen LogP contribution in [0.25, 0.3) is 10.9 Å². The third-order valence-corrected chi connectivity index (χ3v) is 4.46. The summed E-state index contributed by atoms with van der Waals surface area (Å²) in [7, 11) is 0. The van der Waals surface area contributed by atoms with E-state index in [4.69, 9.17) is 4.42 Å². The normalized spacial score (nSPS) is 16.7. The smallest absolute Gasteiger partial charge is 0.137 e. The topological polar surface area (TPSA) is 54.2 Å². The lowest BCUT2D eigenvalue weighted by Gasteiger charge is -2.26. The molecule has 118 valence electrons. The van der Waals surface area contributed by atoms with Crippen molar-refractivity contribution in [3.05, 3.63) is 54.7 Å². The Morgan fingerprint density at radius 2 is 1.96 bits per heavy atom. The Hall–Kier alpha value is -2.40. The lowest BCUT2D eigenvalue weighted by atomic mass is 10.2. The van der Waals surface area contributed by atoms with Crippen molar-refractivity contribution in [2.45, 2.75) is 18.9 Å². The van der Waals surface area contributed by atoms with Crippen molar-refractivity contribution in [3.8, 4) is 0 Å². The van der Waals surface area contributed by atoms with Crippen molar-refractivity contribution in [3.63, 3.8) is 0 Å². The summed E-state index contributed by atoms with van der Waals surface area (Å²) in [4.78, 5) is 11.2. The highest BCUT2D eigenvalue weighted by Gasteiger charge is 2.25. The van der Waals surface area contributed by atoms with Gasteiger partial charge in [-0.25, -0.2) is 9.97 Å². The summed E-state index contributed by atoms with van der Waals surface area (Å²) in [6, 6.07) is 12.3. The van der Waals surface area contributed by atoms with E-state index >= 15 is 0 Å². The first-order valence-electron chi connectivity index (χ1n) is 8.13. The van der Waals surface area contributed by atoms with Crippen LogP contribution in [0.2, 0.25) is 0 Å². The molecule has 23 heavy (non-hydrogen) atoms. The number of hydrogen-bond acceptors (Lipinski definition) is 5. The second kappa shape index (κ2) is 6.38. The average molecular weight is 308 g/mol. The van der Waals surface area contributed by atoms with Gasteiger partial charge in [0, 0.05) is 11.9 Å². The van der Waals surface area contributed by atoms with Gasteiger partial charge in [0.15, 0.2) is 0 Å². The number of hydrogen-bond donors (Lipinski definition) is 1. The zero-order valence-electron chi connectivity index (χ0n) is 13.0. The second-order valence-electron chi connectivity index (χ2n) is 5.89. The first-order valence-corrected chi connectivity index (χ1v) is 8.13. The van der Waals surface area contributed by atoms with Gasteiger partial charge in [0.05, 0.1) is 17.8 Å². The largest absolute Gasteiger partial charge is 0.468 e. The van der Waals surface area contributed by atoms with E-state index in [1.54, 1.807) is 12.6 Å². The van der Waals surface area contributed by atoms with Crippen molar-refractivity contribution in [1.82, 2.24) is 14.9 Å². The predicted octanol–water partition coefficient (Wildman–Crippen LogP) is 3.47. The predicted molar refractivity (Wildman–Crippen MR) is 90.3 cm³/mol. The quantitative estimate of drug-likeness (QED) is 0.782. The Kier molecular flexibility index (Phi) is 3.94. The number of likely N-dealkylation sites (tertiary alicyclic amines) is 1. The first kappa shape index (κ1) is 14.2. The summed E-state index contributed by atoms with van der Waals surface area (Å²) < 4.78 is 5.67. The van der Waals surface area contributed by atoms with Crippen molar-refractivity contribution >= 4 is 16.7 Å². The minimum Gasteiger partial charge on any atom is -0.468 e. The molecule has 1 unspecified atom stereocenters. The second-order valence-corrected chi connectivity index (χ2v) is 5.89. The van der Waals surface area contributed by atoms with Gasteiger partial charge < -0.3 is 9.73 Å². The van der Waals surface area contributed by atoms with Crippen molar-refractivity contribution in [2.24, 2.45) is 0 Å². The number of fused-ring (bicyclic) bond motifs is 1. The van der Waals surface area contributed by atoms with Gasteiger partial charge in [-0.1, -0.05) is 12.1 Å². The Morgan fingerprint density at radius 3 is 2.78 bits per heavy atom. The third-order valence-electron chi connectivity index (χ3n) is 4.46. The van der Waals surface area contributed by atoms with Gasteiger partial charge in [0.2, 0.25) is 0 Å². The maximum absolute atomic E-state index is 5.67. The molecule has 3 aromatic rings. The molecule has 0 aliphatic carbocycles. The Bertz CT molecular complexity index is 760. The van der Waals surface area contributed by atoms with Crippen molar-refractivity contribution in [2.75, 3.05) is 25.0 Å². The Morgan fingerprint density at radius 1 is 1.09 bits per heavy atom.